The summed E-state index contributed by atoms with van der Waals surface area (Å²) in [6.45, 7) is 3.10. The number of nitrogens with zero attached hydrogens (tertiary/aromatic N) is 3. The number of hydrogen-bond acceptors (Lipinski definition) is 3. The van der Waals surface area contributed by atoms with Gasteiger partial charge in [0.05, 0.1) is 11.3 Å². The molecular weight excluding hydrogens is 329 g/mol. The van der Waals surface area contributed by atoms with Crippen LogP contribution in [-0.4, -0.2) is 27.3 Å². The Morgan fingerprint density at radius 1 is 1.08 bits per heavy atom. The van der Waals surface area contributed by atoms with Crippen molar-refractivity contribution < 1.29 is 9.18 Å². The highest BCUT2D eigenvalue weighted by molar-refractivity contribution is 5.95. The fraction of sp³-hybridized carbons (Fsp3) is 0.190. The minimum atomic E-state index is -0.303. The number of aryl methyl sites for hydroxylation is 1. The molecule has 26 heavy (non-hydrogen) atoms. The van der Waals surface area contributed by atoms with E-state index in [1.807, 2.05) is 17.0 Å². The molecule has 0 unspecified atom stereocenters. The van der Waals surface area contributed by atoms with Crippen molar-refractivity contribution in [1.82, 2.24) is 14.9 Å². The van der Waals surface area contributed by atoms with Crippen molar-refractivity contribution in [3.05, 3.63) is 82.9 Å². The summed E-state index contributed by atoms with van der Waals surface area (Å²) in [5, 5.41) is 0. The second-order valence-electron chi connectivity index (χ2n) is 6.45. The Bertz CT molecular complexity index is 969. The van der Waals surface area contributed by atoms with E-state index in [1.165, 1.54) is 23.3 Å². The Morgan fingerprint density at radius 2 is 1.81 bits per heavy atom. The molecule has 130 valence electrons. The van der Waals surface area contributed by atoms with Crippen molar-refractivity contribution in [3.8, 4) is 11.4 Å². The molecule has 0 saturated carbocycles. The number of rotatable bonds is 2. The summed E-state index contributed by atoms with van der Waals surface area (Å²) < 4.78 is 13.1. The van der Waals surface area contributed by atoms with Gasteiger partial charge in [0, 0.05) is 24.8 Å². The smallest absolute Gasteiger partial charge is 0.257 e. The van der Waals surface area contributed by atoms with Crippen LogP contribution in [0.25, 0.3) is 11.4 Å². The summed E-state index contributed by atoms with van der Waals surface area (Å²) in [7, 11) is 0. The highest BCUT2D eigenvalue weighted by Gasteiger charge is 2.23. The van der Waals surface area contributed by atoms with Gasteiger partial charge in [-0.05, 0) is 48.7 Å². The standard InChI is InChI=1S/C21H18FN3O/c1-14-19(12-23-20(24-14)16-6-8-18(22)9-7-16)21(26)25-11-10-15-4-2-3-5-17(15)13-25/h2-9,12H,10-11,13H2,1H3. The number of carbonyl (C=O) groups is 1. The third kappa shape index (κ3) is 3.08. The van der Waals surface area contributed by atoms with Gasteiger partial charge in [0.25, 0.3) is 5.91 Å². The first-order chi connectivity index (χ1) is 12.6. The molecule has 0 atom stereocenters. The number of fused-ring (bicyclic) bond motifs is 1. The normalized spacial score (nSPS) is 13.4. The molecule has 2 heterocycles. The molecule has 0 fully saturated rings. The van der Waals surface area contributed by atoms with Gasteiger partial charge in [0.2, 0.25) is 0 Å². The van der Waals surface area contributed by atoms with E-state index >= 15 is 0 Å². The molecule has 1 aromatic heterocycles. The Hall–Kier alpha value is -3.08. The minimum absolute atomic E-state index is 0.0531. The van der Waals surface area contributed by atoms with Crippen LogP contribution in [0.4, 0.5) is 4.39 Å². The first kappa shape index (κ1) is 16.4. The van der Waals surface area contributed by atoms with Crippen LogP contribution in [-0.2, 0) is 13.0 Å². The van der Waals surface area contributed by atoms with E-state index < -0.39 is 0 Å². The number of aromatic nitrogens is 2. The molecule has 1 amide bonds. The van der Waals surface area contributed by atoms with Crippen LogP contribution < -0.4 is 0 Å². The van der Waals surface area contributed by atoms with Gasteiger partial charge in [-0.1, -0.05) is 24.3 Å². The number of carbonyl (C=O) groups excluding carboxylic acids is 1. The fourth-order valence-electron chi connectivity index (χ4n) is 3.25. The topological polar surface area (TPSA) is 46.1 Å². The number of amides is 1. The van der Waals surface area contributed by atoms with Crippen molar-refractivity contribution >= 4 is 5.91 Å². The maximum absolute atomic E-state index is 13.1. The lowest BCUT2D eigenvalue weighted by Gasteiger charge is -2.29. The van der Waals surface area contributed by atoms with Crippen LogP contribution in [0.3, 0.4) is 0 Å². The molecule has 0 bridgehead atoms. The van der Waals surface area contributed by atoms with E-state index in [1.54, 1.807) is 25.3 Å². The zero-order valence-electron chi connectivity index (χ0n) is 14.4. The van der Waals surface area contributed by atoms with E-state index in [0.717, 1.165) is 12.0 Å². The van der Waals surface area contributed by atoms with Crippen LogP contribution in [0.1, 0.15) is 27.2 Å². The predicted octanol–water partition coefficient (Wildman–Crippen LogP) is 3.79. The van der Waals surface area contributed by atoms with Crippen molar-refractivity contribution in [2.75, 3.05) is 6.54 Å². The molecule has 3 aromatic rings. The van der Waals surface area contributed by atoms with Gasteiger partial charge in [-0.15, -0.1) is 0 Å². The molecule has 0 saturated heterocycles. The van der Waals surface area contributed by atoms with Crippen molar-refractivity contribution in [1.29, 1.82) is 0 Å². The van der Waals surface area contributed by atoms with Gasteiger partial charge < -0.3 is 4.90 Å². The van der Waals surface area contributed by atoms with Gasteiger partial charge in [-0.25, -0.2) is 14.4 Å². The van der Waals surface area contributed by atoms with Gasteiger partial charge in [-0.3, -0.25) is 4.79 Å². The Balaban J connectivity index is 1.58. The molecule has 4 nitrogen and oxygen atoms in total. The van der Waals surface area contributed by atoms with Gasteiger partial charge >= 0.3 is 0 Å². The summed E-state index contributed by atoms with van der Waals surface area (Å²) in [5.41, 5.74) is 4.35. The quantitative estimate of drug-likeness (QED) is 0.708. The average molecular weight is 347 g/mol. The zero-order valence-corrected chi connectivity index (χ0v) is 14.4. The number of hydrogen-bond donors (Lipinski definition) is 0. The molecule has 4 rings (SSSR count). The Morgan fingerprint density at radius 3 is 2.54 bits per heavy atom. The average Bonchev–Trinajstić information content (AvgIpc) is 2.67. The number of benzene rings is 2. The number of halogens is 1. The minimum Gasteiger partial charge on any atom is -0.334 e. The van der Waals surface area contributed by atoms with Gasteiger partial charge in [-0.2, -0.15) is 0 Å². The van der Waals surface area contributed by atoms with E-state index in [-0.39, 0.29) is 11.7 Å². The molecule has 1 aliphatic rings. The SMILES string of the molecule is Cc1nc(-c2ccc(F)cc2)ncc1C(=O)N1CCc2ccccc2C1. The summed E-state index contributed by atoms with van der Waals surface area (Å²) >= 11 is 0. The summed E-state index contributed by atoms with van der Waals surface area (Å²) in [6.07, 6.45) is 2.43. The summed E-state index contributed by atoms with van der Waals surface area (Å²) in [4.78, 5) is 23.5. The highest BCUT2D eigenvalue weighted by atomic mass is 19.1. The lowest BCUT2D eigenvalue weighted by Crippen LogP contribution is -2.36. The van der Waals surface area contributed by atoms with Crippen LogP contribution >= 0.6 is 0 Å². The van der Waals surface area contributed by atoms with Crippen LogP contribution in [0, 0.1) is 12.7 Å². The van der Waals surface area contributed by atoms with E-state index in [0.29, 0.717) is 30.2 Å². The van der Waals surface area contributed by atoms with Crippen molar-refractivity contribution in [3.63, 3.8) is 0 Å². The molecule has 0 radical (unpaired) electrons. The molecule has 5 heteroatoms. The third-order valence-corrected chi connectivity index (χ3v) is 4.73. The zero-order chi connectivity index (χ0) is 18.1. The first-order valence-electron chi connectivity index (χ1n) is 8.57. The van der Waals surface area contributed by atoms with Crippen LogP contribution in [0.5, 0.6) is 0 Å². The lowest BCUT2D eigenvalue weighted by atomic mass is 9.99. The largest absolute Gasteiger partial charge is 0.334 e. The maximum Gasteiger partial charge on any atom is 0.257 e. The Labute approximate surface area is 151 Å². The van der Waals surface area contributed by atoms with Gasteiger partial charge in [0.15, 0.2) is 5.82 Å². The third-order valence-electron chi connectivity index (χ3n) is 4.73. The predicted molar refractivity (Wildman–Crippen MR) is 97.0 cm³/mol. The van der Waals surface area contributed by atoms with Crippen LogP contribution in [0.15, 0.2) is 54.7 Å². The first-order valence-corrected chi connectivity index (χ1v) is 8.57. The Kier molecular flexibility index (Phi) is 4.21. The van der Waals surface area contributed by atoms with Crippen LogP contribution in [0.2, 0.25) is 0 Å². The van der Waals surface area contributed by atoms with E-state index in [9.17, 15) is 9.18 Å². The summed E-state index contributed by atoms with van der Waals surface area (Å²) in [5.74, 6) is 0.133. The molecule has 1 aliphatic heterocycles. The monoisotopic (exact) mass is 347 g/mol. The lowest BCUT2D eigenvalue weighted by molar-refractivity contribution is 0.0733. The fourth-order valence-corrected chi connectivity index (χ4v) is 3.25. The van der Waals surface area contributed by atoms with Crippen molar-refractivity contribution in [2.24, 2.45) is 0 Å². The highest BCUT2D eigenvalue weighted by Crippen LogP contribution is 2.22. The molecule has 0 spiro atoms. The molecule has 0 aliphatic carbocycles. The van der Waals surface area contributed by atoms with Crippen molar-refractivity contribution in [2.45, 2.75) is 19.9 Å². The maximum atomic E-state index is 13.1. The second kappa shape index (κ2) is 6.67. The molecule has 2 aromatic carbocycles. The van der Waals surface area contributed by atoms with Gasteiger partial charge in [0.1, 0.15) is 5.82 Å². The molecule has 0 N–H and O–H groups in total. The molecular formula is C21H18FN3O. The summed E-state index contributed by atoms with van der Waals surface area (Å²) in [6, 6.07) is 14.2. The van der Waals surface area contributed by atoms with E-state index in [2.05, 4.69) is 22.1 Å². The van der Waals surface area contributed by atoms with E-state index in [4.69, 9.17) is 0 Å². The second-order valence-corrected chi connectivity index (χ2v) is 6.45.